The zero-order valence-corrected chi connectivity index (χ0v) is 7.31. The smallest absolute Gasteiger partial charge is 0.198 e. The Balaban J connectivity index is 2.97. The molecule has 0 rings (SSSR count). The Morgan fingerprint density at radius 3 is 2.55 bits per heavy atom. The second-order valence-corrected chi connectivity index (χ2v) is 2.65. The first-order valence-corrected chi connectivity index (χ1v) is 4.41. The maximum atomic E-state index is 9.78. The molecule has 0 aromatic rings. The summed E-state index contributed by atoms with van der Waals surface area (Å²) < 4.78 is 0. The highest BCUT2D eigenvalue weighted by molar-refractivity contribution is 5.50. The van der Waals surface area contributed by atoms with Crippen molar-refractivity contribution in [2.75, 3.05) is 0 Å². The van der Waals surface area contributed by atoms with Crippen LogP contribution in [0.5, 0.6) is 0 Å². The molecule has 11 heavy (non-hydrogen) atoms. The molecule has 0 aromatic carbocycles. The summed E-state index contributed by atoms with van der Waals surface area (Å²) in [5.74, 6) is 0. The van der Waals surface area contributed by atoms with Crippen LogP contribution in [0.15, 0.2) is 12.2 Å². The van der Waals surface area contributed by atoms with Crippen LogP contribution in [0.2, 0.25) is 0 Å². The number of allylic oxidation sites excluding steroid dienone is 2. The molecule has 1 nitrogen and oxygen atoms in total. The molecule has 0 fully saturated rings. The van der Waals surface area contributed by atoms with E-state index in [1.54, 1.807) is 0 Å². The summed E-state index contributed by atoms with van der Waals surface area (Å²) >= 11 is 0. The molecular weight excluding hydrogens is 136 g/mol. The Morgan fingerprint density at radius 1 is 1.18 bits per heavy atom. The minimum absolute atomic E-state index is 0.546. The first-order chi connectivity index (χ1) is 5.41. The third-order valence-corrected chi connectivity index (χ3v) is 1.55. The van der Waals surface area contributed by atoms with E-state index in [2.05, 4.69) is 19.1 Å². The van der Waals surface area contributed by atoms with Crippen molar-refractivity contribution in [2.24, 2.45) is 0 Å². The van der Waals surface area contributed by atoms with E-state index in [1.807, 2.05) is 6.29 Å². The molecule has 1 heteroatoms. The van der Waals surface area contributed by atoms with Gasteiger partial charge in [0.25, 0.3) is 0 Å². The summed E-state index contributed by atoms with van der Waals surface area (Å²) in [6.45, 7) is 2.20. The minimum atomic E-state index is 0.546. The average Bonchev–Trinajstić information content (AvgIpc) is 2.03. The Kier molecular flexibility index (Phi) is 8.91. The van der Waals surface area contributed by atoms with Crippen LogP contribution in [-0.4, -0.2) is 6.29 Å². The van der Waals surface area contributed by atoms with Gasteiger partial charge in [-0.05, 0) is 19.3 Å². The molecular formula is C10H17O. The van der Waals surface area contributed by atoms with Gasteiger partial charge in [0.15, 0.2) is 6.29 Å². The van der Waals surface area contributed by atoms with Gasteiger partial charge in [-0.3, -0.25) is 4.79 Å². The molecule has 0 aliphatic rings. The summed E-state index contributed by atoms with van der Waals surface area (Å²) in [6, 6.07) is 0. The molecule has 0 heterocycles. The highest BCUT2D eigenvalue weighted by Gasteiger charge is 1.81. The largest absolute Gasteiger partial charge is 0.291 e. The van der Waals surface area contributed by atoms with E-state index in [1.165, 1.54) is 19.3 Å². The lowest BCUT2D eigenvalue weighted by Crippen LogP contribution is -1.72. The van der Waals surface area contributed by atoms with E-state index in [-0.39, 0.29) is 0 Å². The van der Waals surface area contributed by atoms with Crippen molar-refractivity contribution in [3.05, 3.63) is 12.2 Å². The molecule has 0 aromatic heterocycles. The minimum Gasteiger partial charge on any atom is -0.291 e. The third kappa shape index (κ3) is 9.41. The van der Waals surface area contributed by atoms with Gasteiger partial charge in [0.1, 0.15) is 0 Å². The Hall–Kier alpha value is -0.590. The molecule has 0 saturated carbocycles. The van der Waals surface area contributed by atoms with Gasteiger partial charge in [-0.15, -0.1) is 0 Å². The number of rotatable bonds is 7. The average molecular weight is 153 g/mol. The van der Waals surface area contributed by atoms with E-state index in [0.29, 0.717) is 6.42 Å². The lowest BCUT2D eigenvalue weighted by atomic mass is 10.2. The molecule has 1 radical (unpaired) electrons. The Morgan fingerprint density at radius 2 is 1.91 bits per heavy atom. The highest BCUT2D eigenvalue weighted by Crippen LogP contribution is 2.00. The maximum absolute atomic E-state index is 9.78. The van der Waals surface area contributed by atoms with Crippen molar-refractivity contribution in [2.45, 2.75) is 45.4 Å². The predicted octanol–water partition coefficient (Wildman–Crippen LogP) is 3.01. The molecule has 0 unspecified atom stereocenters. The summed E-state index contributed by atoms with van der Waals surface area (Å²) in [5, 5.41) is 0. The number of unbranched alkanes of at least 4 members (excludes halogenated alkanes) is 4. The van der Waals surface area contributed by atoms with Gasteiger partial charge >= 0.3 is 0 Å². The van der Waals surface area contributed by atoms with E-state index in [9.17, 15) is 4.79 Å². The molecule has 0 atom stereocenters. The van der Waals surface area contributed by atoms with Crippen LogP contribution in [0.4, 0.5) is 0 Å². The molecule has 0 aliphatic carbocycles. The first kappa shape index (κ1) is 10.4. The molecule has 0 bridgehead atoms. The standard InChI is InChI=1S/C10H17O/c1-2-3-4-5-6-7-8-9-10-11/h6-7H,2-5,8-9H2,1H3/b7-6-. The number of carbonyl (C=O) groups excluding carboxylic acids is 1. The van der Waals surface area contributed by atoms with Crippen LogP contribution >= 0.6 is 0 Å². The number of hydrogen-bond donors (Lipinski definition) is 0. The van der Waals surface area contributed by atoms with Crippen LogP contribution < -0.4 is 0 Å². The van der Waals surface area contributed by atoms with Gasteiger partial charge in [-0.1, -0.05) is 31.9 Å². The second kappa shape index (κ2) is 9.41. The van der Waals surface area contributed by atoms with E-state index < -0.39 is 0 Å². The second-order valence-electron chi connectivity index (χ2n) is 2.65. The fourth-order valence-corrected chi connectivity index (χ4v) is 0.890. The van der Waals surface area contributed by atoms with E-state index >= 15 is 0 Å². The van der Waals surface area contributed by atoms with Crippen molar-refractivity contribution < 1.29 is 4.79 Å². The zero-order valence-electron chi connectivity index (χ0n) is 7.31. The summed E-state index contributed by atoms with van der Waals surface area (Å²) in [5.41, 5.74) is 0. The van der Waals surface area contributed by atoms with Crippen LogP contribution in [0.3, 0.4) is 0 Å². The first-order valence-electron chi connectivity index (χ1n) is 4.41. The molecule has 0 saturated heterocycles. The lowest BCUT2D eigenvalue weighted by molar-refractivity contribution is 0.551. The SMILES string of the molecule is CCCCC/C=C\CC[C]=O. The van der Waals surface area contributed by atoms with Gasteiger partial charge in [0, 0.05) is 6.42 Å². The topological polar surface area (TPSA) is 17.1 Å². The van der Waals surface area contributed by atoms with Gasteiger partial charge < -0.3 is 0 Å². The lowest BCUT2D eigenvalue weighted by Gasteiger charge is -1.90. The predicted molar refractivity (Wildman–Crippen MR) is 48.2 cm³/mol. The third-order valence-electron chi connectivity index (χ3n) is 1.55. The normalized spacial score (nSPS) is 10.6. The van der Waals surface area contributed by atoms with Crippen LogP contribution in [0.1, 0.15) is 45.4 Å². The fourth-order valence-electron chi connectivity index (χ4n) is 0.890. The number of hydrogen-bond acceptors (Lipinski definition) is 1. The van der Waals surface area contributed by atoms with Crippen molar-refractivity contribution in [3.63, 3.8) is 0 Å². The van der Waals surface area contributed by atoms with Gasteiger partial charge in [0.2, 0.25) is 0 Å². The van der Waals surface area contributed by atoms with E-state index in [4.69, 9.17) is 0 Å². The van der Waals surface area contributed by atoms with Crippen molar-refractivity contribution in [3.8, 4) is 0 Å². The molecule has 0 spiro atoms. The summed E-state index contributed by atoms with van der Waals surface area (Å²) in [7, 11) is 0. The zero-order chi connectivity index (χ0) is 8.36. The molecule has 0 amide bonds. The maximum Gasteiger partial charge on any atom is 0.198 e. The van der Waals surface area contributed by atoms with E-state index in [0.717, 1.165) is 12.8 Å². The van der Waals surface area contributed by atoms with Gasteiger partial charge in [0.05, 0.1) is 0 Å². The monoisotopic (exact) mass is 153 g/mol. The highest BCUT2D eigenvalue weighted by atomic mass is 16.1. The van der Waals surface area contributed by atoms with Crippen LogP contribution in [-0.2, 0) is 4.79 Å². The summed E-state index contributed by atoms with van der Waals surface area (Å²) in [4.78, 5) is 9.78. The quantitative estimate of drug-likeness (QED) is 0.406. The van der Waals surface area contributed by atoms with Crippen molar-refractivity contribution in [1.29, 1.82) is 0 Å². The fraction of sp³-hybridized carbons (Fsp3) is 0.700. The van der Waals surface area contributed by atoms with Crippen LogP contribution in [0.25, 0.3) is 0 Å². The Bertz CT molecular complexity index is 105. The van der Waals surface area contributed by atoms with Gasteiger partial charge in [-0.2, -0.15) is 0 Å². The van der Waals surface area contributed by atoms with Crippen molar-refractivity contribution in [1.82, 2.24) is 0 Å². The van der Waals surface area contributed by atoms with Crippen LogP contribution in [0, 0.1) is 0 Å². The summed E-state index contributed by atoms with van der Waals surface area (Å²) in [6.07, 6.45) is 12.5. The van der Waals surface area contributed by atoms with Gasteiger partial charge in [-0.25, -0.2) is 0 Å². The van der Waals surface area contributed by atoms with Crippen molar-refractivity contribution >= 4 is 6.29 Å². The molecule has 63 valence electrons. The molecule has 0 aliphatic heterocycles. The Labute approximate surface area is 69.5 Å². The molecule has 0 N–H and O–H groups in total.